The number of aryl methyl sites for hydroxylation is 1. The fourth-order valence-corrected chi connectivity index (χ4v) is 4.64. The van der Waals surface area contributed by atoms with Gasteiger partial charge in [0.15, 0.2) is 5.67 Å². The first kappa shape index (κ1) is 24.3. The molecule has 35 heavy (non-hydrogen) atoms. The Morgan fingerprint density at radius 3 is 2.60 bits per heavy atom. The van der Waals surface area contributed by atoms with Crippen molar-refractivity contribution < 1.29 is 19.0 Å². The zero-order valence-corrected chi connectivity index (χ0v) is 20.1. The lowest BCUT2D eigenvalue weighted by molar-refractivity contribution is 0.148. The summed E-state index contributed by atoms with van der Waals surface area (Å²) in [4.78, 5) is 37.3. The van der Waals surface area contributed by atoms with Gasteiger partial charge in [0.1, 0.15) is 5.75 Å². The predicted molar refractivity (Wildman–Crippen MR) is 130 cm³/mol. The number of halogens is 1. The second-order valence-corrected chi connectivity index (χ2v) is 9.80. The molecule has 3 N–H and O–H groups in total. The molecule has 1 unspecified atom stereocenters. The monoisotopic (exact) mass is 481 g/mol. The molecule has 0 fully saturated rings. The number of rotatable bonds is 5. The van der Waals surface area contributed by atoms with Crippen LogP contribution >= 0.6 is 0 Å². The van der Waals surface area contributed by atoms with Gasteiger partial charge in [0.2, 0.25) is 0 Å². The smallest absolute Gasteiger partial charge is 0.404 e. The molecule has 1 aliphatic carbocycles. The van der Waals surface area contributed by atoms with Crippen LogP contribution in [0.4, 0.5) is 9.18 Å². The SMILES string of the molecule is COc1c(-c2ccc3c(c2)CCC3(F)CNC(=O)O)cc(-n2ccc(=O)[nH]c2=O)cc1C(C)(C)C. The molecule has 184 valence electrons. The number of hydrogen-bond acceptors (Lipinski definition) is 4. The molecule has 0 bridgehead atoms. The third kappa shape index (κ3) is 4.58. The largest absolute Gasteiger partial charge is 0.496 e. The summed E-state index contributed by atoms with van der Waals surface area (Å²) < 4.78 is 22.7. The number of nitrogens with zero attached hydrogens (tertiary/aromatic N) is 1. The molecule has 8 nitrogen and oxygen atoms in total. The molecule has 1 amide bonds. The summed E-state index contributed by atoms with van der Waals surface area (Å²) >= 11 is 0. The van der Waals surface area contributed by atoms with Gasteiger partial charge in [-0.25, -0.2) is 14.0 Å². The van der Waals surface area contributed by atoms with Crippen LogP contribution in [0.5, 0.6) is 5.75 Å². The van der Waals surface area contributed by atoms with Gasteiger partial charge in [0.05, 0.1) is 19.3 Å². The topological polar surface area (TPSA) is 113 Å². The summed E-state index contributed by atoms with van der Waals surface area (Å²) in [6.07, 6.45) is 0.813. The standard InChI is InChI=1S/C26H28FN3O5/c1-25(2,3)20-13-17(30-10-8-21(31)29-23(30)32)12-18(22(20)35-4)15-5-6-19-16(11-15)7-9-26(19,27)14-28-24(33)34/h5-6,8,10-13,28H,7,9,14H2,1-4H3,(H,33,34)(H,29,31,32). The Labute approximate surface area is 201 Å². The van der Waals surface area contributed by atoms with Crippen LogP contribution in [0.1, 0.15) is 43.9 Å². The van der Waals surface area contributed by atoms with E-state index in [9.17, 15) is 14.4 Å². The number of aromatic nitrogens is 2. The average Bonchev–Trinajstić information content (AvgIpc) is 3.12. The van der Waals surface area contributed by atoms with E-state index >= 15 is 4.39 Å². The van der Waals surface area contributed by atoms with Gasteiger partial charge in [-0.2, -0.15) is 0 Å². The van der Waals surface area contributed by atoms with Crippen molar-refractivity contribution in [2.45, 2.75) is 44.7 Å². The van der Waals surface area contributed by atoms with Crippen LogP contribution in [0.25, 0.3) is 16.8 Å². The number of H-pyrrole nitrogens is 1. The number of alkyl halides is 1. The summed E-state index contributed by atoms with van der Waals surface area (Å²) in [5, 5.41) is 11.1. The fraction of sp³-hybridized carbons (Fsp3) is 0.346. The van der Waals surface area contributed by atoms with E-state index in [2.05, 4.69) is 10.3 Å². The van der Waals surface area contributed by atoms with Gasteiger partial charge in [-0.15, -0.1) is 0 Å². The van der Waals surface area contributed by atoms with E-state index in [1.807, 2.05) is 32.9 Å². The van der Waals surface area contributed by atoms with Crippen molar-refractivity contribution in [1.29, 1.82) is 0 Å². The van der Waals surface area contributed by atoms with Crippen molar-refractivity contribution in [3.05, 3.63) is 80.1 Å². The highest BCUT2D eigenvalue weighted by Crippen LogP contribution is 2.45. The van der Waals surface area contributed by atoms with Crippen molar-refractivity contribution in [3.8, 4) is 22.6 Å². The normalized spacial score (nSPS) is 17.2. The maximum Gasteiger partial charge on any atom is 0.404 e. The van der Waals surface area contributed by atoms with Crippen molar-refractivity contribution in [2.75, 3.05) is 13.7 Å². The van der Waals surface area contributed by atoms with E-state index in [0.29, 0.717) is 23.4 Å². The lowest BCUT2D eigenvalue weighted by Gasteiger charge is -2.26. The Morgan fingerprint density at radius 1 is 1.23 bits per heavy atom. The molecule has 4 rings (SSSR count). The molecule has 0 spiro atoms. The summed E-state index contributed by atoms with van der Waals surface area (Å²) in [5.41, 5.74) is 1.03. The quantitative estimate of drug-likeness (QED) is 0.512. The van der Waals surface area contributed by atoms with Gasteiger partial charge in [-0.3, -0.25) is 14.3 Å². The van der Waals surface area contributed by atoms with Gasteiger partial charge in [-0.1, -0.05) is 39.0 Å². The molecule has 1 heterocycles. The molecule has 3 aromatic rings. The zero-order chi connectivity index (χ0) is 25.5. The number of fused-ring (bicyclic) bond motifs is 1. The van der Waals surface area contributed by atoms with Gasteiger partial charge in [0, 0.05) is 23.4 Å². The number of methoxy groups -OCH3 is 1. The summed E-state index contributed by atoms with van der Waals surface area (Å²) in [7, 11) is 1.58. The Morgan fingerprint density at radius 2 is 1.97 bits per heavy atom. The average molecular weight is 482 g/mol. The predicted octanol–water partition coefficient (Wildman–Crippen LogP) is 3.88. The zero-order valence-electron chi connectivity index (χ0n) is 20.1. The first-order valence-electron chi connectivity index (χ1n) is 11.3. The van der Waals surface area contributed by atoms with Crippen molar-refractivity contribution in [1.82, 2.24) is 14.9 Å². The molecule has 0 aliphatic heterocycles. The molecule has 0 saturated carbocycles. The van der Waals surface area contributed by atoms with E-state index in [1.165, 1.54) is 16.8 Å². The van der Waals surface area contributed by atoms with Gasteiger partial charge >= 0.3 is 11.8 Å². The number of carbonyl (C=O) groups is 1. The lowest BCUT2D eigenvalue weighted by atomic mass is 9.83. The number of aromatic amines is 1. The minimum atomic E-state index is -1.77. The number of nitrogens with one attached hydrogen (secondary N) is 2. The van der Waals surface area contributed by atoms with Crippen LogP contribution in [0.15, 0.2) is 52.2 Å². The van der Waals surface area contributed by atoms with E-state index in [4.69, 9.17) is 9.84 Å². The molecule has 9 heteroatoms. The molecule has 1 aromatic heterocycles. The Kier molecular flexibility index (Phi) is 6.04. The third-order valence-corrected chi connectivity index (χ3v) is 6.40. The highest BCUT2D eigenvalue weighted by Gasteiger charge is 2.39. The molecule has 1 atom stereocenters. The van der Waals surface area contributed by atoms with Crippen LogP contribution in [-0.4, -0.2) is 34.4 Å². The van der Waals surface area contributed by atoms with Crippen molar-refractivity contribution in [3.63, 3.8) is 0 Å². The fourth-order valence-electron chi connectivity index (χ4n) is 4.64. The van der Waals surface area contributed by atoms with Crippen LogP contribution < -0.4 is 21.3 Å². The van der Waals surface area contributed by atoms with Crippen molar-refractivity contribution >= 4 is 6.09 Å². The first-order valence-corrected chi connectivity index (χ1v) is 11.3. The van der Waals surface area contributed by atoms with Crippen LogP contribution in [0.2, 0.25) is 0 Å². The van der Waals surface area contributed by atoms with E-state index < -0.39 is 23.0 Å². The number of carboxylic acid groups (broad SMARTS) is 1. The number of amides is 1. The molecule has 0 radical (unpaired) electrons. The van der Waals surface area contributed by atoms with Gasteiger partial charge in [0.25, 0.3) is 5.56 Å². The van der Waals surface area contributed by atoms with Crippen molar-refractivity contribution in [2.24, 2.45) is 0 Å². The van der Waals surface area contributed by atoms with Crippen LogP contribution in [0, 0.1) is 0 Å². The summed E-state index contributed by atoms with van der Waals surface area (Å²) in [5.74, 6) is 0.635. The van der Waals surface area contributed by atoms with Gasteiger partial charge < -0.3 is 15.2 Å². The molecule has 1 aliphatic rings. The Hall–Kier alpha value is -3.88. The second-order valence-electron chi connectivity index (χ2n) is 9.80. The number of hydrogen-bond donors (Lipinski definition) is 3. The molecular weight excluding hydrogens is 453 g/mol. The van der Waals surface area contributed by atoms with E-state index in [1.54, 1.807) is 25.3 Å². The molecule has 2 aromatic carbocycles. The molecule has 0 saturated heterocycles. The number of benzene rings is 2. The summed E-state index contributed by atoms with van der Waals surface area (Å²) in [6.45, 7) is 5.79. The minimum Gasteiger partial charge on any atom is -0.496 e. The Bertz CT molecular complexity index is 1420. The lowest BCUT2D eigenvalue weighted by Crippen LogP contribution is -2.35. The minimum absolute atomic E-state index is 0.184. The summed E-state index contributed by atoms with van der Waals surface area (Å²) in [6, 6.07) is 10.3. The Balaban J connectivity index is 1.89. The van der Waals surface area contributed by atoms with Gasteiger partial charge in [-0.05, 0) is 47.1 Å². The maximum absolute atomic E-state index is 15.5. The third-order valence-electron chi connectivity index (χ3n) is 6.40. The van der Waals surface area contributed by atoms with Crippen LogP contribution in [-0.2, 0) is 17.5 Å². The first-order chi connectivity index (χ1) is 16.4. The van der Waals surface area contributed by atoms with E-state index in [-0.39, 0.29) is 18.4 Å². The highest BCUT2D eigenvalue weighted by molar-refractivity contribution is 5.77. The maximum atomic E-state index is 15.5. The second kappa shape index (κ2) is 8.72. The molecular formula is C26H28FN3O5. The van der Waals surface area contributed by atoms with Crippen LogP contribution in [0.3, 0.4) is 0 Å². The highest BCUT2D eigenvalue weighted by atomic mass is 19.1. The van der Waals surface area contributed by atoms with E-state index in [0.717, 1.165) is 22.3 Å². The number of ether oxygens (including phenoxy) is 1.